The molecule has 0 fully saturated rings. The van der Waals surface area contributed by atoms with Gasteiger partial charge in [0.2, 0.25) is 0 Å². The van der Waals surface area contributed by atoms with E-state index in [9.17, 15) is 10.1 Å². The number of carbonyl (C=O) groups excluding carboxylic acids is 1. The number of H-pyrrole nitrogens is 1. The minimum absolute atomic E-state index is 0.0979. The summed E-state index contributed by atoms with van der Waals surface area (Å²) in [5, 5.41) is 16.1. The number of aryl methyl sites for hydroxylation is 1. The minimum atomic E-state index is -0.576. The van der Waals surface area contributed by atoms with Crippen LogP contribution < -0.4 is 5.73 Å². The number of rotatable bonds is 3. The first kappa shape index (κ1) is 17.2. The van der Waals surface area contributed by atoms with E-state index < -0.39 is 5.97 Å². The van der Waals surface area contributed by atoms with Gasteiger partial charge in [0.1, 0.15) is 17.5 Å². The van der Waals surface area contributed by atoms with Gasteiger partial charge in [0.05, 0.1) is 19.0 Å². The number of nitrogens with one attached hydrogen (secondary N) is 1. The predicted octanol–water partition coefficient (Wildman–Crippen LogP) is 3.00. The molecule has 0 radical (unpaired) electrons. The van der Waals surface area contributed by atoms with Crippen molar-refractivity contribution >= 4 is 11.8 Å². The first-order valence-electron chi connectivity index (χ1n) is 7.87. The number of nitrogen functional groups attached to an aromatic ring is 1. The van der Waals surface area contributed by atoms with Gasteiger partial charge in [0.15, 0.2) is 5.69 Å². The molecule has 3 N–H and O–H groups in total. The standard InChI is InChI=1S/C19H17N5O2/c1-10-4-6-12(7-5-10)16-11(2)15(13(8-20)18(21)23-16)14-9-22-24-17(14)19(25)26-3/h4-7,9H,1-3H3,(H2,21,23)(H,22,24). The van der Waals surface area contributed by atoms with Crippen molar-refractivity contribution in [2.45, 2.75) is 13.8 Å². The van der Waals surface area contributed by atoms with Crippen molar-refractivity contribution in [2.24, 2.45) is 0 Å². The van der Waals surface area contributed by atoms with E-state index in [1.54, 1.807) is 0 Å². The fourth-order valence-corrected chi connectivity index (χ4v) is 2.87. The van der Waals surface area contributed by atoms with Gasteiger partial charge in [-0.05, 0) is 19.4 Å². The largest absolute Gasteiger partial charge is 0.464 e. The Bertz CT molecular complexity index is 1030. The minimum Gasteiger partial charge on any atom is -0.464 e. The molecule has 0 amide bonds. The number of methoxy groups -OCH3 is 1. The zero-order valence-electron chi connectivity index (χ0n) is 14.6. The van der Waals surface area contributed by atoms with Crippen LogP contribution in [0.25, 0.3) is 22.4 Å². The Morgan fingerprint density at radius 3 is 2.58 bits per heavy atom. The number of hydrogen-bond donors (Lipinski definition) is 2. The number of aromatic amines is 1. The molecule has 0 bridgehead atoms. The van der Waals surface area contributed by atoms with Gasteiger partial charge in [-0.15, -0.1) is 0 Å². The second-order valence-electron chi connectivity index (χ2n) is 5.85. The summed E-state index contributed by atoms with van der Waals surface area (Å²) in [7, 11) is 1.28. The van der Waals surface area contributed by atoms with E-state index in [-0.39, 0.29) is 17.1 Å². The number of benzene rings is 1. The van der Waals surface area contributed by atoms with Gasteiger partial charge in [-0.25, -0.2) is 9.78 Å². The monoisotopic (exact) mass is 347 g/mol. The Labute approximate surface area is 150 Å². The highest BCUT2D eigenvalue weighted by atomic mass is 16.5. The van der Waals surface area contributed by atoms with Gasteiger partial charge in [0.25, 0.3) is 0 Å². The second-order valence-corrected chi connectivity index (χ2v) is 5.85. The smallest absolute Gasteiger partial charge is 0.356 e. The quantitative estimate of drug-likeness (QED) is 0.703. The third-order valence-electron chi connectivity index (χ3n) is 4.20. The summed E-state index contributed by atoms with van der Waals surface area (Å²) in [4.78, 5) is 16.5. The van der Waals surface area contributed by atoms with E-state index in [2.05, 4.69) is 21.3 Å². The van der Waals surface area contributed by atoms with Crippen LogP contribution in [0.5, 0.6) is 0 Å². The number of nitrogens with two attached hydrogens (primary N) is 1. The van der Waals surface area contributed by atoms with Gasteiger partial charge in [-0.1, -0.05) is 29.8 Å². The normalized spacial score (nSPS) is 10.4. The molecule has 1 aromatic carbocycles. The van der Waals surface area contributed by atoms with Crippen molar-refractivity contribution < 1.29 is 9.53 Å². The summed E-state index contributed by atoms with van der Waals surface area (Å²) >= 11 is 0. The van der Waals surface area contributed by atoms with E-state index in [4.69, 9.17) is 10.5 Å². The van der Waals surface area contributed by atoms with Crippen LogP contribution in [0.15, 0.2) is 30.5 Å². The highest BCUT2D eigenvalue weighted by molar-refractivity contribution is 5.98. The molecule has 7 nitrogen and oxygen atoms in total. The van der Waals surface area contributed by atoms with Crippen LogP contribution in [-0.4, -0.2) is 28.3 Å². The average Bonchev–Trinajstić information content (AvgIpc) is 3.12. The van der Waals surface area contributed by atoms with E-state index in [0.717, 1.165) is 16.7 Å². The van der Waals surface area contributed by atoms with Crippen LogP contribution in [0.3, 0.4) is 0 Å². The molecular formula is C19H17N5O2. The van der Waals surface area contributed by atoms with Gasteiger partial charge in [0, 0.05) is 16.7 Å². The molecule has 130 valence electrons. The summed E-state index contributed by atoms with van der Waals surface area (Å²) in [5.74, 6) is -0.478. The number of carbonyl (C=O) groups is 1. The molecule has 0 saturated heterocycles. The van der Waals surface area contributed by atoms with Crippen molar-refractivity contribution in [1.82, 2.24) is 15.2 Å². The van der Waals surface area contributed by atoms with Crippen LogP contribution in [0, 0.1) is 25.2 Å². The third kappa shape index (κ3) is 2.78. The maximum atomic E-state index is 12.0. The SMILES string of the molecule is COC(=O)c1[nH]ncc1-c1c(C)c(-c2ccc(C)cc2)nc(N)c1C#N. The Kier molecular flexibility index (Phi) is 4.42. The number of nitriles is 1. The zero-order valence-corrected chi connectivity index (χ0v) is 14.6. The van der Waals surface area contributed by atoms with Crippen LogP contribution in [0.1, 0.15) is 27.2 Å². The number of hydrogen-bond acceptors (Lipinski definition) is 6. The number of pyridine rings is 1. The Morgan fingerprint density at radius 2 is 1.96 bits per heavy atom. The predicted molar refractivity (Wildman–Crippen MR) is 97.2 cm³/mol. The van der Waals surface area contributed by atoms with Crippen LogP contribution in [0.2, 0.25) is 0 Å². The summed E-state index contributed by atoms with van der Waals surface area (Å²) < 4.78 is 4.79. The number of aromatic nitrogens is 3. The van der Waals surface area contributed by atoms with E-state index in [0.29, 0.717) is 16.8 Å². The molecule has 0 atom stereocenters. The molecule has 0 spiro atoms. The fourth-order valence-electron chi connectivity index (χ4n) is 2.87. The van der Waals surface area contributed by atoms with Crippen molar-refractivity contribution in [2.75, 3.05) is 12.8 Å². The van der Waals surface area contributed by atoms with Gasteiger partial charge < -0.3 is 10.5 Å². The lowest BCUT2D eigenvalue weighted by Crippen LogP contribution is -2.07. The fraction of sp³-hybridized carbons (Fsp3) is 0.158. The van der Waals surface area contributed by atoms with E-state index in [1.165, 1.54) is 13.3 Å². The molecule has 0 aliphatic rings. The van der Waals surface area contributed by atoms with Crippen LogP contribution in [-0.2, 0) is 4.74 Å². The summed E-state index contributed by atoms with van der Waals surface area (Å²) in [6.45, 7) is 3.84. The van der Waals surface area contributed by atoms with Crippen LogP contribution in [0.4, 0.5) is 5.82 Å². The molecule has 0 aliphatic carbocycles. The van der Waals surface area contributed by atoms with Crippen molar-refractivity contribution in [1.29, 1.82) is 5.26 Å². The first-order valence-corrected chi connectivity index (χ1v) is 7.87. The Hall–Kier alpha value is -3.66. The first-order chi connectivity index (χ1) is 12.5. The highest BCUT2D eigenvalue weighted by Crippen LogP contribution is 2.36. The molecule has 3 rings (SSSR count). The number of ether oxygens (including phenoxy) is 1. The Balaban J connectivity index is 2.32. The summed E-state index contributed by atoms with van der Waals surface area (Å²) in [6, 6.07) is 9.91. The Morgan fingerprint density at radius 1 is 1.27 bits per heavy atom. The lowest BCUT2D eigenvalue weighted by atomic mass is 9.93. The molecule has 7 heteroatoms. The highest BCUT2D eigenvalue weighted by Gasteiger charge is 2.24. The number of anilines is 1. The number of nitrogens with zero attached hydrogens (tertiary/aromatic N) is 3. The zero-order chi connectivity index (χ0) is 18.8. The molecule has 3 aromatic rings. The second kappa shape index (κ2) is 6.69. The summed E-state index contributed by atoms with van der Waals surface area (Å²) in [6.07, 6.45) is 1.48. The molecule has 2 heterocycles. The van der Waals surface area contributed by atoms with Crippen molar-refractivity contribution in [3.8, 4) is 28.5 Å². The number of esters is 1. The third-order valence-corrected chi connectivity index (χ3v) is 4.20. The molecule has 0 saturated carbocycles. The maximum absolute atomic E-state index is 12.0. The topological polar surface area (TPSA) is 118 Å². The van der Waals surface area contributed by atoms with E-state index in [1.807, 2.05) is 38.1 Å². The van der Waals surface area contributed by atoms with Gasteiger partial charge in [-0.2, -0.15) is 10.4 Å². The van der Waals surface area contributed by atoms with Crippen LogP contribution >= 0.6 is 0 Å². The van der Waals surface area contributed by atoms with Gasteiger partial charge in [-0.3, -0.25) is 5.10 Å². The van der Waals surface area contributed by atoms with Crippen molar-refractivity contribution in [3.05, 3.63) is 52.8 Å². The maximum Gasteiger partial charge on any atom is 0.356 e. The van der Waals surface area contributed by atoms with Crippen molar-refractivity contribution in [3.63, 3.8) is 0 Å². The van der Waals surface area contributed by atoms with E-state index >= 15 is 0 Å². The molecule has 2 aromatic heterocycles. The molecular weight excluding hydrogens is 330 g/mol. The molecule has 0 aliphatic heterocycles. The average molecular weight is 347 g/mol. The lowest BCUT2D eigenvalue weighted by molar-refractivity contribution is 0.0595. The van der Waals surface area contributed by atoms with Gasteiger partial charge >= 0.3 is 5.97 Å². The molecule has 0 unspecified atom stereocenters. The lowest BCUT2D eigenvalue weighted by Gasteiger charge is -2.15. The summed E-state index contributed by atoms with van der Waals surface area (Å²) in [5.41, 5.74) is 10.7. The molecule has 26 heavy (non-hydrogen) atoms.